The summed E-state index contributed by atoms with van der Waals surface area (Å²) in [5.41, 5.74) is -1.16. The van der Waals surface area contributed by atoms with Crippen LogP contribution in [-0.4, -0.2) is 57.8 Å². The Kier molecular flexibility index (Phi) is 11.3. The summed E-state index contributed by atoms with van der Waals surface area (Å²) in [7, 11) is 2.94. The summed E-state index contributed by atoms with van der Waals surface area (Å²) in [6, 6.07) is 12.2. The first kappa shape index (κ1) is 34.2. The lowest BCUT2D eigenvalue weighted by atomic mass is 10.1. The number of aromatic nitrogens is 2. The standard InChI is InChI=1S/C35H38N4O8/c1-5-7-20-36-30(40)28(32(42)38(34(36)44)24-14-12-16-26(22-24)46-3)18-10-9-11-19-29-31(41)37(21-8-6-2)35(45)39(33(29)43)25-15-13-17-27(23-25)47-4/h9-19,22-23,42H,5-8,20-21H2,1-4H3/b11-9+,18-10+,29-19+. The minimum Gasteiger partial charge on any atom is -0.497 e. The van der Waals surface area contributed by atoms with E-state index in [9.17, 15) is 29.1 Å². The van der Waals surface area contributed by atoms with Gasteiger partial charge in [-0.15, -0.1) is 0 Å². The first-order valence-corrected chi connectivity index (χ1v) is 15.3. The topological polar surface area (TPSA) is 140 Å². The van der Waals surface area contributed by atoms with E-state index < -0.39 is 35.0 Å². The van der Waals surface area contributed by atoms with Crippen LogP contribution in [0.5, 0.6) is 17.4 Å². The molecule has 0 aliphatic carbocycles. The van der Waals surface area contributed by atoms with Crippen LogP contribution in [0.15, 0.2) is 88.0 Å². The minimum absolute atomic E-state index is 0.133. The van der Waals surface area contributed by atoms with Gasteiger partial charge >= 0.3 is 11.7 Å². The molecule has 0 unspecified atom stereocenters. The number of imide groups is 2. The van der Waals surface area contributed by atoms with E-state index in [4.69, 9.17) is 9.47 Å². The Balaban J connectivity index is 1.72. The van der Waals surface area contributed by atoms with Gasteiger partial charge in [-0.2, -0.15) is 0 Å². The molecule has 4 amide bonds. The van der Waals surface area contributed by atoms with Crippen molar-refractivity contribution in [2.45, 2.75) is 46.1 Å². The number of hydrogen-bond donors (Lipinski definition) is 1. The largest absolute Gasteiger partial charge is 0.497 e. The van der Waals surface area contributed by atoms with Crippen molar-refractivity contribution in [2.24, 2.45) is 0 Å². The number of benzene rings is 2. The number of aromatic hydroxyl groups is 1. The molecule has 0 atom stereocenters. The second-order valence-electron chi connectivity index (χ2n) is 10.6. The molecule has 1 aliphatic heterocycles. The fraction of sp³-hybridized carbons (Fsp3) is 0.286. The molecule has 0 saturated carbocycles. The summed E-state index contributed by atoms with van der Waals surface area (Å²) in [5, 5.41) is 11.1. The number of urea groups is 1. The number of methoxy groups -OCH3 is 2. The minimum atomic E-state index is -0.795. The molecule has 246 valence electrons. The fourth-order valence-electron chi connectivity index (χ4n) is 4.95. The lowest BCUT2D eigenvalue weighted by molar-refractivity contribution is -0.129. The van der Waals surface area contributed by atoms with Gasteiger partial charge in [0.05, 0.1) is 25.6 Å². The van der Waals surface area contributed by atoms with Crippen molar-refractivity contribution < 1.29 is 29.0 Å². The van der Waals surface area contributed by atoms with Gasteiger partial charge in [-0.3, -0.25) is 23.9 Å². The third-order valence-electron chi connectivity index (χ3n) is 7.52. The van der Waals surface area contributed by atoms with Crippen molar-refractivity contribution in [2.75, 3.05) is 25.7 Å². The highest BCUT2D eigenvalue weighted by Crippen LogP contribution is 2.28. The number of nitrogens with zero attached hydrogens (tertiary/aromatic N) is 4. The number of hydrogen-bond acceptors (Lipinski definition) is 8. The molecular weight excluding hydrogens is 604 g/mol. The van der Waals surface area contributed by atoms with Gasteiger partial charge in [-0.1, -0.05) is 57.0 Å². The molecule has 3 aromatic rings. The van der Waals surface area contributed by atoms with Crippen LogP contribution in [0.4, 0.5) is 10.5 Å². The molecular formula is C35H38N4O8. The van der Waals surface area contributed by atoms with Crippen LogP contribution in [-0.2, 0) is 16.1 Å². The maximum Gasteiger partial charge on any atom is 0.338 e. The monoisotopic (exact) mass is 642 g/mol. The molecule has 2 aromatic carbocycles. The third kappa shape index (κ3) is 7.27. The Hall–Kier alpha value is -5.65. The summed E-state index contributed by atoms with van der Waals surface area (Å²) in [6.07, 6.45) is 9.56. The predicted octanol–water partition coefficient (Wildman–Crippen LogP) is 4.81. The Morgan fingerprint density at radius 1 is 0.766 bits per heavy atom. The van der Waals surface area contributed by atoms with Crippen molar-refractivity contribution in [3.63, 3.8) is 0 Å². The highest BCUT2D eigenvalue weighted by molar-refractivity contribution is 6.37. The Morgan fingerprint density at radius 3 is 2.02 bits per heavy atom. The zero-order chi connectivity index (χ0) is 34.1. The Labute approximate surface area is 272 Å². The normalized spacial score (nSPS) is 14.6. The van der Waals surface area contributed by atoms with Crippen molar-refractivity contribution >= 4 is 29.6 Å². The first-order valence-electron chi connectivity index (χ1n) is 15.3. The molecule has 12 heteroatoms. The van der Waals surface area contributed by atoms with Crippen molar-refractivity contribution in [3.05, 3.63) is 105 Å². The molecule has 1 fully saturated rings. The maximum absolute atomic E-state index is 13.5. The molecule has 1 aliphatic rings. The molecule has 0 spiro atoms. The molecule has 47 heavy (non-hydrogen) atoms. The van der Waals surface area contributed by atoms with Crippen LogP contribution in [0.25, 0.3) is 11.8 Å². The van der Waals surface area contributed by atoms with Gasteiger partial charge in [0.2, 0.25) is 5.88 Å². The molecule has 1 N–H and O–H groups in total. The Bertz CT molecular complexity index is 1870. The average molecular weight is 643 g/mol. The van der Waals surface area contributed by atoms with Gasteiger partial charge in [0.25, 0.3) is 17.4 Å². The predicted molar refractivity (Wildman–Crippen MR) is 178 cm³/mol. The number of ether oxygens (including phenoxy) is 2. The lowest BCUT2D eigenvalue weighted by Crippen LogP contribution is -2.56. The molecule has 1 aromatic heterocycles. The summed E-state index contributed by atoms with van der Waals surface area (Å²) < 4.78 is 12.6. The van der Waals surface area contributed by atoms with E-state index in [-0.39, 0.29) is 29.9 Å². The first-order chi connectivity index (χ1) is 22.7. The number of barbiturate groups is 1. The highest BCUT2D eigenvalue weighted by atomic mass is 16.5. The quantitative estimate of drug-likeness (QED) is 0.159. The number of unbranched alkanes of at least 4 members (excludes halogenated alkanes) is 2. The van der Waals surface area contributed by atoms with E-state index in [0.29, 0.717) is 30.0 Å². The van der Waals surface area contributed by atoms with Crippen LogP contribution in [0, 0.1) is 0 Å². The van der Waals surface area contributed by atoms with Gasteiger partial charge in [0.15, 0.2) is 0 Å². The van der Waals surface area contributed by atoms with Crippen molar-refractivity contribution in [1.82, 2.24) is 14.0 Å². The van der Waals surface area contributed by atoms with Gasteiger partial charge in [-0.05, 0) is 49.3 Å². The van der Waals surface area contributed by atoms with Gasteiger partial charge in [-0.25, -0.2) is 19.1 Å². The SMILES string of the molecule is CCCCN1C(=O)\C(=C/C=C/C=C/c2c(O)n(-c3cccc(OC)c3)c(=O)n(CCCC)c2=O)C(=O)N(c2cccc(OC)c2)C1=O. The number of rotatable bonds is 13. The highest BCUT2D eigenvalue weighted by Gasteiger charge is 2.42. The Morgan fingerprint density at radius 2 is 1.38 bits per heavy atom. The van der Waals surface area contributed by atoms with Gasteiger partial charge < -0.3 is 14.6 Å². The van der Waals surface area contributed by atoms with Crippen LogP contribution in [0.2, 0.25) is 0 Å². The summed E-state index contributed by atoms with van der Waals surface area (Å²) in [4.78, 5) is 68.7. The summed E-state index contributed by atoms with van der Waals surface area (Å²) in [5.74, 6) is -1.18. The number of amides is 4. The van der Waals surface area contributed by atoms with Crippen LogP contribution >= 0.6 is 0 Å². The molecule has 1 saturated heterocycles. The van der Waals surface area contributed by atoms with Gasteiger partial charge in [0, 0.05) is 25.2 Å². The van der Waals surface area contributed by atoms with E-state index >= 15 is 0 Å². The van der Waals surface area contributed by atoms with E-state index in [0.717, 1.165) is 31.8 Å². The van der Waals surface area contributed by atoms with Crippen LogP contribution in [0.3, 0.4) is 0 Å². The fourth-order valence-corrected chi connectivity index (χ4v) is 4.95. The summed E-state index contributed by atoms with van der Waals surface area (Å²) in [6.45, 7) is 4.15. The number of allylic oxidation sites excluding steroid dienone is 4. The maximum atomic E-state index is 13.5. The second-order valence-corrected chi connectivity index (χ2v) is 10.6. The molecule has 0 radical (unpaired) electrons. The zero-order valence-electron chi connectivity index (χ0n) is 26.8. The zero-order valence-corrected chi connectivity index (χ0v) is 26.8. The van der Waals surface area contributed by atoms with E-state index in [1.54, 1.807) is 42.5 Å². The molecule has 12 nitrogen and oxygen atoms in total. The van der Waals surface area contributed by atoms with Crippen molar-refractivity contribution in [1.29, 1.82) is 0 Å². The smallest absolute Gasteiger partial charge is 0.338 e. The molecule has 4 rings (SSSR count). The van der Waals surface area contributed by atoms with Crippen molar-refractivity contribution in [3.8, 4) is 23.1 Å². The third-order valence-corrected chi connectivity index (χ3v) is 7.52. The lowest BCUT2D eigenvalue weighted by Gasteiger charge is -2.33. The van der Waals surface area contributed by atoms with E-state index in [1.807, 2.05) is 13.8 Å². The number of anilines is 1. The average Bonchev–Trinajstić information content (AvgIpc) is 3.07. The number of carbonyl (C=O) groups excluding carboxylic acids is 3. The molecule has 2 heterocycles. The van der Waals surface area contributed by atoms with Crippen LogP contribution in [0.1, 0.15) is 45.1 Å². The second kappa shape index (κ2) is 15.6. The van der Waals surface area contributed by atoms with Crippen LogP contribution < -0.4 is 25.6 Å². The van der Waals surface area contributed by atoms with E-state index in [1.165, 1.54) is 50.7 Å². The van der Waals surface area contributed by atoms with Gasteiger partial charge in [0.1, 0.15) is 22.6 Å². The molecule has 0 bridgehead atoms. The number of carbonyl (C=O) groups is 3. The van der Waals surface area contributed by atoms with E-state index in [2.05, 4.69) is 0 Å². The summed E-state index contributed by atoms with van der Waals surface area (Å²) >= 11 is 0.